The fourth-order valence-electron chi connectivity index (χ4n) is 2.92. The van der Waals surface area contributed by atoms with Crippen LogP contribution in [0.5, 0.6) is 0 Å². The summed E-state index contributed by atoms with van der Waals surface area (Å²) in [7, 11) is 1.62. The Morgan fingerprint density at radius 2 is 2.33 bits per heavy atom. The number of methoxy groups -OCH3 is 1. The minimum Gasteiger partial charge on any atom is -0.396 e. The van der Waals surface area contributed by atoms with Gasteiger partial charge in [-0.1, -0.05) is 0 Å². The summed E-state index contributed by atoms with van der Waals surface area (Å²) in [5, 5.41) is 9.40. The van der Waals surface area contributed by atoms with Crippen molar-refractivity contribution in [1.29, 1.82) is 0 Å². The molecule has 1 saturated heterocycles. The van der Waals surface area contributed by atoms with E-state index < -0.39 is 0 Å². The second-order valence-electron chi connectivity index (χ2n) is 4.48. The van der Waals surface area contributed by atoms with Crippen molar-refractivity contribution in [1.82, 2.24) is 0 Å². The molecular formula is C11H20O4. The molecule has 2 fully saturated rings. The van der Waals surface area contributed by atoms with Crippen molar-refractivity contribution in [3.63, 3.8) is 0 Å². The van der Waals surface area contributed by atoms with E-state index in [1.165, 1.54) is 0 Å². The van der Waals surface area contributed by atoms with Crippen LogP contribution in [-0.2, 0) is 14.2 Å². The fraction of sp³-hybridized carbons (Fsp3) is 1.00. The smallest absolute Gasteiger partial charge is 0.146 e. The summed E-state index contributed by atoms with van der Waals surface area (Å²) in [6.07, 6.45) is 2.29. The number of hydrogen-bond acceptors (Lipinski definition) is 4. The number of hydrogen-bond donors (Lipinski definition) is 1. The molecule has 0 spiro atoms. The van der Waals surface area contributed by atoms with Gasteiger partial charge in [-0.25, -0.2) is 0 Å². The van der Waals surface area contributed by atoms with Crippen molar-refractivity contribution in [2.75, 3.05) is 33.7 Å². The first kappa shape index (κ1) is 11.3. The van der Waals surface area contributed by atoms with Gasteiger partial charge in [-0.2, -0.15) is 0 Å². The van der Waals surface area contributed by atoms with Gasteiger partial charge >= 0.3 is 0 Å². The van der Waals surface area contributed by atoms with E-state index >= 15 is 0 Å². The summed E-state index contributed by atoms with van der Waals surface area (Å²) in [5.41, 5.74) is 0. The van der Waals surface area contributed by atoms with E-state index in [1.54, 1.807) is 7.11 Å². The summed E-state index contributed by atoms with van der Waals surface area (Å²) in [6.45, 7) is 2.15. The zero-order valence-corrected chi connectivity index (χ0v) is 9.22. The molecule has 0 aromatic heterocycles. The number of fused-ring (bicyclic) bond motifs is 1. The molecule has 0 aromatic carbocycles. The maximum atomic E-state index is 9.40. The Balaban J connectivity index is 1.94. The summed E-state index contributed by atoms with van der Waals surface area (Å²) < 4.78 is 16.0. The van der Waals surface area contributed by atoms with Crippen LogP contribution in [0.25, 0.3) is 0 Å². The van der Waals surface area contributed by atoms with Gasteiger partial charge in [0.15, 0.2) is 0 Å². The SMILES string of the molecule is COCOC1C[C@H]2CCOC[C@H]2[C@@H]1CO. The van der Waals surface area contributed by atoms with E-state index in [9.17, 15) is 5.11 Å². The fourth-order valence-corrected chi connectivity index (χ4v) is 2.92. The van der Waals surface area contributed by atoms with Crippen molar-refractivity contribution in [3.8, 4) is 0 Å². The largest absolute Gasteiger partial charge is 0.396 e. The molecule has 1 heterocycles. The summed E-state index contributed by atoms with van der Waals surface area (Å²) in [4.78, 5) is 0. The molecule has 4 nitrogen and oxygen atoms in total. The van der Waals surface area contributed by atoms with Gasteiger partial charge in [0.25, 0.3) is 0 Å². The zero-order valence-electron chi connectivity index (χ0n) is 9.22. The predicted octanol–water partition coefficient (Wildman–Crippen LogP) is 0.640. The highest BCUT2D eigenvalue weighted by Crippen LogP contribution is 2.42. The van der Waals surface area contributed by atoms with E-state index in [4.69, 9.17) is 14.2 Å². The normalized spacial score (nSPS) is 40.4. The second kappa shape index (κ2) is 5.25. The van der Waals surface area contributed by atoms with Crippen LogP contribution in [0.15, 0.2) is 0 Å². The van der Waals surface area contributed by atoms with Gasteiger partial charge in [0.2, 0.25) is 0 Å². The standard InChI is InChI=1S/C11H20O4/c1-13-7-15-11-4-8-2-3-14-6-10(8)9(11)5-12/h8-12H,2-7H2,1H3/t8-,9+,10-,11?/m1/s1. The first-order valence-electron chi connectivity index (χ1n) is 5.66. The Bertz CT molecular complexity index is 197. The number of aliphatic hydroxyl groups is 1. The molecule has 4 atom stereocenters. The summed E-state index contributed by atoms with van der Waals surface area (Å²) in [5.74, 6) is 1.37. The lowest BCUT2D eigenvalue weighted by molar-refractivity contribution is -0.0954. The summed E-state index contributed by atoms with van der Waals surface area (Å²) in [6, 6.07) is 0. The van der Waals surface area contributed by atoms with Gasteiger partial charge in [0, 0.05) is 26.2 Å². The van der Waals surface area contributed by atoms with Crippen molar-refractivity contribution in [3.05, 3.63) is 0 Å². The summed E-state index contributed by atoms with van der Waals surface area (Å²) >= 11 is 0. The monoisotopic (exact) mass is 216 g/mol. The van der Waals surface area contributed by atoms with Crippen molar-refractivity contribution in [2.45, 2.75) is 18.9 Å². The van der Waals surface area contributed by atoms with E-state index in [0.717, 1.165) is 26.1 Å². The maximum Gasteiger partial charge on any atom is 0.146 e. The molecule has 2 aliphatic rings. The average Bonchev–Trinajstić information content (AvgIpc) is 2.63. The van der Waals surface area contributed by atoms with Gasteiger partial charge in [0.1, 0.15) is 6.79 Å². The van der Waals surface area contributed by atoms with Gasteiger partial charge in [-0.15, -0.1) is 0 Å². The Labute approximate surface area is 90.5 Å². The quantitative estimate of drug-likeness (QED) is 0.701. The third-order valence-corrected chi connectivity index (χ3v) is 3.72. The molecule has 1 N–H and O–H groups in total. The highest BCUT2D eigenvalue weighted by Gasteiger charge is 2.44. The van der Waals surface area contributed by atoms with Crippen LogP contribution in [0, 0.1) is 17.8 Å². The van der Waals surface area contributed by atoms with Crippen molar-refractivity contribution >= 4 is 0 Å². The third-order valence-electron chi connectivity index (χ3n) is 3.72. The molecule has 15 heavy (non-hydrogen) atoms. The van der Waals surface area contributed by atoms with E-state index in [2.05, 4.69) is 0 Å². The lowest BCUT2D eigenvalue weighted by Crippen LogP contribution is -2.32. The lowest BCUT2D eigenvalue weighted by atomic mass is 9.87. The molecule has 0 radical (unpaired) electrons. The van der Waals surface area contributed by atoms with Gasteiger partial charge < -0.3 is 19.3 Å². The number of rotatable bonds is 4. The van der Waals surface area contributed by atoms with Crippen LogP contribution in [0.4, 0.5) is 0 Å². The van der Waals surface area contributed by atoms with Crippen LogP contribution in [0.2, 0.25) is 0 Å². The van der Waals surface area contributed by atoms with Gasteiger partial charge in [-0.05, 0) is 24.7 Å². The van der Waals surface area contributed by atoms with E-state index in [-0.39, 0.29) is 18.6 Å². The van der Waals surface area contributed by atoms with E-state index in [1.807, 2.05) is 0 Å². The zero-order chi connectivity index (χ0) is 10.7. The minimum absolute atomic E-state index is 0.145. The van der Waals surface area contributed by atoms with Crippen LogP contribution in [0.3, 0.4) is 0 Å². The topological polar surface area (TPSA) is 47.9 Å². The molecule has 1 saturated carbocycles. The molecule has 1 aliphatic heterocycles. The van der Waals surface area contributed by atoms with Crippen LogP contribution < -0.4 is 0 Å². The third kappa shape index (κ3) is 2.33. The predicted molar refractivity (Wildman–Crippen MR) is 54.4 cm³/mol. The molecule has 88 valence electrons. The molecule has 0 aromatic rings. The molecule has 1 aliphatic carbocycles. The molecule has 4 heteroatoms. The van der Waals surface area contributed by atoms with Crippen LogP contribution in [-0.4, -0.2) is 44.9 Å². The van der Waals surface area contributed by atoms with Crippen LogP contribution in [0.1, 0.15) is 12.8 Å². The lowest BCUT2D eigenvalue weighted by Gasteiger charge is -2.28. The minimum atomic E-state index is 0.145. The molecule has 2 rings (SSSR count). The Morgan fingerprint density at radius 3 is 3.07 bits per heavy atom. The molecular weight excluding hydrogens is 196 g/mol. The Kier molecular flexibility index (Phi) is 3.97. The second-order valence-corrected chi connectivity index (χ2v) is 4.48. The van der Waals surface area contributed by atoms with Gasteiger partial charge in [0.05, 0.1) is 12.7 Å². The first-order chi connectivity index (χ1) is 7.36. The first-order valence-corrected chi connectivity index (χ1v) is 5.66. The molecule has 1 unspecified atom stereocenters. The molecule has 0 bridgehead atoms. The highest BCUT2D eigenvalue weighted by molar-refractivity contribution is 4.92. The number of ether oxygens (including phenoxy) is 3. The average molecular weight is 216 g/mol. The maximum absolute atomic E-state index is 9.40. The van der Waals surface area contributed by atoms with Crippen molar-refractivity contribution < 1.29 is 19.3 Å². The van der Waals surface area contributed by atoms with Gasteiger partial charge in [-0.3, -0.25) is 0 Å². The van der Waals surface area contributed by atoms with E-state index in [0.29, 0.717) is 18.6 Å². The molecule has 0 amide bonds. The van der Waals surface area contributed by atoms with Crippen molar-refractivity contribution in [2.24, 2.45) is 17.8 Å². The Morgan fingerprint density at radius 1 is 1.47 bits per heavy atom. The van der Waals surface area contributed by atoms with Crippen LogP contribution >= 0.6 is 0 Å². The highest BCUT2D eigenvalue weighted by atomic mass is 16.7. The Hall–Kier alpha value is -0.160. The number of aliphatic hydroxyl groups excluding tert-OH is 1.